The number of aromatic carboxylic acids is 1. The Morgan fingerprint density at radius 2 is 2.21 bits per heavy atom. The topological polar surface area (TPSA) is 72.6 Å². The summed E-state index contributed by atoms with van der Waals surface area (Å²) < 4.78 is 10.7. The number of hydrogen-bond acceptors (Lipinski definition) is 4. The van der Waals surface area contributed by atoms with Crippen LogP contribution in [0.2, 0.25) is 0 Å². The van der Waals surface area contributed by atoms with Crippen LogP contribution in [0.1, 0.15) is 27.4 Å². The van der Waals surface area contributed by atoms with Gasteiger partial charge in [-0.2, -0.15) is 0 Å². The van der Waals surface area contributed by atoms with E-state index >= 15 is 0 Å². The third-order valence-corrected chi connectivity index (χ3v) is 2.99. The van der Waals surface area contributed by atoms with E-state index in [4.69, 9.17) is 14.3 Å². The molecule has 1 N–H and O–H groups in total. The first-order valence-corrected chi connectivity index (χ1v) is 5.94. The second-order valence-electron chi connectivity index (χ2n) is 4.23. The zero-order chi connectivity index (χ0) is 13.8. The van der Waals surface area contributed by atoms with Crippen molar-refractivity contribution in [3.8, 4) is 5.75 Å². The number of ether oxygens (including phenoxy) is 1. The number of rotatable bonds is 5. The Kier molecular flexibility index (Phi) is 3.85. The fraction of sp³-hybridized carbons (Fsp3) is 0.286. The van der Waals surface area contributed by atoms with Crippen molar-refractivity contribution in [2.75, 3.05) is 6.61 Å². The Bertz CT molecular complexity index is 589. The summed E-state index contributed by atoms with van der Waals surface area (Å²) in [5, 5.41) is 8.89. The molecule has 0 saturated heterocycles. The van der Waals surface area contributed by atoms with E-state index in [2.05, 4.69) is 4.98 Å². The summed E-state index contributed by atoms with van der Waals surface area (Å²) >= 11 is 0. The average molecular weight is 261 g/mol. The first-order valence-electron chi connectivity index (χ1n) is 5.94. The van der Waals surface area contributed by atoms with E-state index in [1.807, 2.05) is 32.0 Å². The summed E-state index contributed by atoms with van der Waals surface area (Å²) in [4.78, 5) is 14.5. The molecular formula is C14H15NO4. The van der Waals surface area contributed by atoms with E-state index in [9.17, 15) is 4.79 Å². The maximum Gasteiger partial charge on any atom is 0.358 e. The summed E-state index contributed by atoms with van der Waals surface area (Å²) in [6, 6.07) is 5.83. The van der Waals surface area contributed by atoms with E-state index in [0.717, 1.165) is 23.3 Å². The largest absolute Gasteiger partial charge is 0.493 e. The molecule has 0 aliphatic carbocycles. The molecule has 0 aliphatic heterocycles. The fourth-order valence-corrected chi connectivity index (χ4v) is 1.76. The van der Waals surface area contributed by atoms with Gasteiger partial charge in [0, 0.05) is 6.42 Å². The van der Waals surface area contributed by atoms with E-state index in [1.54, 1.807) is 0 Å². The lowest BCUT2D eigenvalue weighted by Gasteiger charge is -2.10. The molecule has 100 valence electrons. The third kappa shape index (κ3) is 2.93. The number of hydrogen-bond donors (Lipinski definition) is 1. The van der Waals surface area contributed by atoms with Crippen LogP contribution in [0.3, 0.4) is 0 Å². The molecule has 0 saturated carbocycles. The monoisotopic (exact) mass is 261 g/mol. The zero-order valence-electron chi connectivity index (χ0n) is 10.8. The normalized spacial score (nSPS) is 10.4. The minimum Gasteiger partial charge on any atom is -0.493 e. The predicted octanol–water partition coefficient (Wildman–Crippen LogP) is 2.61. The van der Waals surface area contributed by atoms with Crippen LogP contribution in [0, 0.1) is 13.8 Å². The number of carboxylic acid groups (broad SMARTS) is 1. The van der Waals surface area contributed by atoms with Gasteiger partial charge in [0.15, 0.2) is 12.1 Å². The molecule has 19 heavy (non-hydrogen) atoms. The van der Waals surface area contributed by atoms with Gasteiger partial charge in [-0.3, -0.25) is 0 Å². The van der Waals surface area contributed by atoms with E-state index in [-0.39, 0.29) is 5.69 Å². The molecule has 2 aromatic rings. The van der Waals surface area contributed by atoms with Gasteiger partial charge in [0.2, 0.25) is 0 Å². The van der Waals surface area contributed by atoms with Gasteiger partial charge in [0.05, 0.1) is 6.61 Å². The Morgan fingerprint density at radius 1 is 1.42 bits per heavy atom. The first-order chi connectivity index (χ1) is 9.09. The van der Waals surface area contributed by atoms with Crippen LogP contribution < -0.4 is 4.74 Å². The lowest BCUT2D eigenvalue weighted by Crippen LogP contribution is -2.07. The molecule has 1 heterocycles. The van der Waals surface area contributed by atoms with Gasteiger partial charge in [-0.05, 0) is 31.0 Å². The molecule has 1 aromatic heterocycles. The van der Waals surface area contributed by atoms with Gasteiger partial charge >= 0.3 is 5.97 Å². The van der Waals surface area contributed by atoms with Gasteiger partial charge < -0.3 is 14.3 Å². The molecule has 0 fully saturated rings. The molecule has 0 spiro atoms. The summed E-state index contributed by atoms with van der Waals surface area (Å²) in [5.41, 5.74) is 2.19. The number of nitrogens with zero attached hydrogens (tertiary/aromatic N) is 1. The summed E-state index contributed by atoms with van der Waals surface area (Å²) in [6.07, 6.45) is 1.51. The lowest BCUT2D eigenvalue weighted by molar-refractivity contribution is 0.0688. The molecule has 0 radical (unpaired) electrons. The van der Waals surface area contributed by atoms with Crippen molar-refractivity contribution in [2.45, 2.75) is 20.3 Å². The van der Waals surface area contributed by atoms with Crippen molar-refractivity contribution in [3.63, 3.8) is 0 Å². The van der Waals surface area contributed by atoms with Gasteiger partial charge in [0.1, 0.15) is 11.5 Å². The average Bonchev–Trinajstić information content (AvgIpc) is 2.83. The van der Waals surface area contributed by atoms with Crippen LogP contribution in [0.4, 0.5) is 0 Å². The second kappa shape index (κ2) is 5.56. The van der Waals surface area contributed by atoms with Crippen molar-refractivity contribution in [3.05, 3.63) is 47.2 Å². The Morgan fingerprint density at radius 3 is 2.95 bits per heavy atom. The van der Waals surface area contributed by atoms with E-state index < -0.39 is 5.97 Å². The zero-order valence-corrected chi connectivity index (χ0v) is 10.8. The highest BCUT2D eigenvalue weighted by Gasteiger charge is 2.15. The van der Waals surface area contributed by atoms with Gasteiger partial charge in [0.25, 0.3) is 0 Å². The quantitative estimate of drug-likeness (QED) is 0.895. The van der Waals surface area contributed by atoms with Crippen molar-refractivity contribution in [1.82, 2.24) is 4.98 Å². The predicted molar refractivity (Wildman–Crippen MR) is 68.6 cm³/mol. The first kappa shape index (κ1) is 13.1. The highest BCUT2D eigenvalue weighted by molar-refractivity contribution is 5.86. The van der Waals surface area contributed by atoms with Crippen LogP contribution in [0.25, 0.3) is 0 Å². The molecule has 0 aliphatic rings. The van der Waals surface area contributed by atoms with Crippen LogP contribution in [0.15, 0.2) is 29.0 Å². The molecule has 0 bridgehead atoms. The van der Waals surface area contributed by atoms with Gasteiger partial charge in [-0.15, -0.1) is 0 Å². The van der Waals surface area contributed by atoms with Crippen molar-refractivity contribution in [1.29, 1.82) is 0 Å². The molecular weight excluding hydrogens is 246 g/mol. The number of aryl methyl sites for hydroxylation is 1. The summed E-state index contributed by atoms with van der Waals surface area (Å²) in [5.74, 6) is 0.0460. The van der Waals surface area contributed by atoms with Crippen molar-refractivity contribution >= 4 is 5.97 Å². The number of carboxylic acids is 1. The Labute approximate surface area is 110 Å². The second-order valence-corrected chi connectivity index (χ2v) is 4.23. The van der Waals surface area contributed by atoms with Crippen molar-refractivity contribution < 1.29 is 19.1 Å². The Balaban J connectivity index is 1.98. The molecule has 5 heteroatoms. The van der Waals surface area contributed by atoms with Crippen LogP contribution >= 0.6 is 0 Å². The lowest BCUT2D eigenvalue weighted by atomic mass is 10.1. The fourth-order valence-electron chi connectivity index (χ4n) is 1.76. The standard InChI is InChI=1S/C14H15NO4/c1-9-4-3-5-11(10(9)2)18-7-6-12-13(14(16)17)15-8-19-12/h3-5,8H,6-7H2,1-2H3,(H,16,17). The minimum atomic E-state index is -1.09. The highest BCUT2D eigenvalue weighted by Crippen LogP contribution is 2.20. The van der Waals surface area contributed by atoms with Gasteiger partial charge in [-0.25, -0.2) is 9.78 Å². The SMILES string of the molecule is Cc1cccc(OCCc2ocnc2C(=O)O)c1C. The van der Waals surface area contributed by atoms with Crippen LogP contribution in [0.5, 0.6) is 5.75 Å². The third-order valence-electron chi connectivity index (χ3n) is 2.99. The number of aromatic nitrogens is 1. The van der Waals surface area contributed by atoms with Crippen LogP contribution in [-0.4, -0.2) is 22.7 Å². The van der Waals surface area contributed by atoms with Crippen LogP contribution in [-0.2, 0) is 6.42 Å². The van der Waals surface area contributed by atoms with E-state index in [1.165, 1.54) is 0 Å². The number of carbonyl (C=O) groups is 1. The molecule has 5 nitrogen and oxygen atoms in total. The number of benzene rings is 1. The molecule has 1 aromatic carbocycles. The summed E-state index contributed by atoms with van der Waals surface area (Å²) in [7, 11) is 0. The highest BCUT2D eigenvalue weighted by atomic mass is 16.5. The molecule has 0 atom stereocenters. The maximum absolute atomic E-state index is 10.9. The number of oxazole rings is 1. The smallest absolute Gasteiger partial charge is 0.358 e. The summed E-state index contributed by atoms with van der Waals surface area (Å²) in [6.45, 7) is 4.35. The maximum atomic E-state index is 10.9. The molecule has 2 rings (SSSR count). The van der Waals surface area contributed by atoms with Gasteiger partial charge in [-0.1, -0.05) is 12.1 Å². The minimum absolute atomic E-state index is 0.0513. The molecule has 0 unspecified atom stereocenters. The van der Waals surface area contributed by atoms with E-state index in [0.29, 0.717) is 18.8 Å². The van der Waals surface area contributed by atoms with Crippen molar-refractivity contribution in [2.24, 2.45) is 0 Å². The Hall–Kier alpha value is -2.30. The molecule has 0 amide bonds.